The predicted molar refractivity (Wildman–Crippen MR) is 89.0 cm³/mol. The molecule has 0 aromatic carbocycles. The highest BCUT2D eigenvalue weighted by Crippen LogP contribution is 2.28. The van der Waals surface area contributed by atoms with E-state index >= 15 is 0 Å². The largest absolute Gasteiger partial charge is 0.370 e. The standard InChI is InChI=1S/C15H26N4S/c1-6-16-12-9-13(18-14(17-12)15(2,3)4)19(5)11-7-8-20-10-11/h9,11H,6-8,10H2,1-5H3,(H,16,17,18). The molecule has 4 nitrogen and oxygen atoms in total. The van der Waals surface area contributed by atoms with Gasteiger partial charge in [0.2, 0.25) is 0 Å². The number of nitrogens with zero attached hydrogens (tertiary/aromatic N) is 3. The zero-order chi connectivity index (χ0) is 14.8. The topological polar surface area (TPSA) is 41.0 Å². The van der Waals surface area contributed by atoms with Gasteiger partial charge >= 0.3 is 0 Å². The molecule has 2 rings (SSSR count). The summed E-state index contributed by atoms with van der Waals surface area (Å²) < 4.78 is 0. The van der Waals surface area contributed by atoms with Crippen LogP contribution in [0, 0.1) is 0 Å². The Hall–Kier alpha value is -0.970. The SMILES string of the molecule is CCNc1cc(N(C)C2CCSC2)nc(C(C)(C)C)n1. The number of aromatic nitrogens is 2. The molecule has 0 spiro atoms. The fourth-order valence-electron chi connectivity index (χ4n) is 2.24. The van der Waals surface area contributed by atoms with E-state index in [1.54, 1.807) is 0 Å². The summed E-state index contributed by atoms with van der Waals surface area (Å²) in [4.78, 5) is 11.8. The van der Waals surface area contributed by atoms with Gasteiger partial charge < -0.3 is 10.2 Å². The lowest BCUT2D eigenvalue weighted by molar-refractivity contribution is 0.543. The third-order valence-corrected chi connectivity index (χ3v) is 4.70. The Morgan fingerprint density at radius 1 is 1.40 bits per heavy atom. The third kappa shape index (κ3) is 3.57. The van der Waals surface area contributed by atoms with Crippen LogP contribution in [0.15, 0.2) is 6.07 Å². The van der Waals surface area contributed by atoms with Crippen molar-refractivity contribution in [2.75, 3.05) is 35.3 Å². The van der Waals surface area contributed by atoms with Gasteiger partial charge in [0.15, 0.2) is 0 Å². The van der Waals surface area contributed by atoms with Gasteiger partial charge in [0, 0.05) is 36.9 Å². The number of nitrogens with one attached hydrogen (secondary N) is 1. The lowest BCUT2D eigenvalue weighted by Gasteiger charge is -2.27. The average Bonchev–Trinajstić information content (AvgIpc) is 2.90. The minimum absolute atomic E-state index is 0.0363. The molecule has 1 aliphatic rings. The molecule has 20 heavy (non-hydrogen) atoms. The predicted octanol–water partition coefficient (Wildman–Crippen LogP) is 3.15. The number of hydrogen-bond acceptors (Lipinski definition) is 5. The Morgan fingerprint density at radius 2 is 2.15 bits per heavy atom. The third-order valence-electron chi connectivity index (χ3n) is 3.56. The van der Waals surface area contributed by atoms with Crippen molar-refractivity contribution >= 4 is 23.4 Å². The molecule has 1 unspecified atom stereocenters. The van der Waals surface area contributed by atoms with Crippen molar-refractivity contribution in [3.63, 3.8) is 0 Å². The summed E-state index contributed by atoms with van der Waals surface area (Å²) in [6, 6.07) is 2.67. The molecule has 1 aromatic rings. The van der Waals surface area contributed by atoms with Crippen molar-refractivity contribution in [2.45, 2.75) is 45.6 Å². The molecular formula is C15H26N4S. The molecule has 1 fully saturated rings. The van der Waals surface area contributed by atoms with E-state index in [1.165, 1.54) is 17.9 Å². The van der Waals surface area contributed by atoms with Gasteiger partial charge in [0.1, 0.15) is 17.5 Å². The first-order valence-corrected chi connectivity index (χ1v) is 8.51. The van der Waals surface area contributed by atoms with Gasteiger partial charge in [-0.3, -0.25) is 0 Å². The van der Waals surface area contributed by atoms with E-state index in [2.05, 4.69) is 56.0 Å². The molecule has 0 bridgehead atoms. The maximum absolute atomic E-state index is 4.80. The molecule has 0 radical (unpaired) electrons. The maximum Gasteiger partial charge on any atom is 0.138 e. The number of rotatable bonds is 4. The number of hydrogen-bond donors (Lipinski definition) is 1. The molecule has 2 heterocycles. The summed E-state index contributed by atoms with van der Waals surface area (Å²) >= 11 is 2.03. The molecule has 1 aliphatic heterocycles. The van der Waals surface area contributed by atoms with Crippen molar-refractivity contribution in [1.82, 2.24) is 9.97 Å². The molecule has 1 N–H and O–H groups in total. The van der Waals surface area contributed by atoms with E-state index in [-0.39, 0.29) is 5.41 Å². The second-order valence-electron chi connectivity index (χ2n) is 6.34. The highest BCUT2D eigenvalue weighted by atomic mass is 32.2. The Bertz CT molecular complexity index is 450. The molecule has 0 saturated carbocycles. The van der Waals surface area contributed by atoms with Crippen molar-refractivity contribution in [1.29, 1.82) is 0 Å². The van der Waals surface area contributed by atoms with Crippen molar-refractivity contribution < 1.29 is 0 Å². The molecule has 1 aromatic heterocycles. The van der Waals surface area contributed by atoms with Crippen molar-refractivity contribution in [3.8, 4) is 0 Å². The summed E-state index contributed by atoms with van der Waals surface area (Å²) in [7, 11) is 2.15. The van der Waals surface area contributed by atoms with E-state index in [9.17, 15) is 0 Å². The number of anilines is 2. The van der Waals surface area contributed by atoms with Crippen LogP contribution >= 0.6 is 11.8 Å². The molecular weight excluding hydrogens is 268 g/mol. The van der Waals surface area contributed by atoms with Crippen LogP contribution in [0.25, 0.3) is 0 Å². The minimum atomic E-state index is -0.0363. The molecule has 112 valence electrons. The molecule has 0 amide bonds. The van der Waals surface area contributed by atoms with Crippen molar-refractivity contribution in [2.24, 2.45) is 0 Å². The summed E-state index contributed by atoms with van der Waals surface area (Å²) in [5.74, 6) is 5.32. The van der Waals surface area contributed by atoms with Gasteiger partial charge in [-0.05, 0) is 19.1 Å². The van der Waals surface area contributed by atoms with Crippen molar-refractivity contribution in [3.05, 3.63) is 11.9 Å². The lowest BCUT2D eigenvalue weighted by Crippen LogP contribution is -2.33. The van der Waals surface area contributed by atoms with Gasteiger partial charge in [-0.2, -0.15) is 11.8 Å². The average molecular weight is 294 g/mol. The quantitative estimate of drug-likeness (QED) is 0.924. The zero-order valence-corrected chi connectivity index (χ0v) is 14.0. The first kappa shape index (κ1) is 15.4. The highest BCUT2D eigenvalue weighted by molar-refractivity contribution is 7.99. The fraction of sp³-hybridized carbons (Fsp3) is 0.733. The normalized spacial score (nSPS) is 19.1. The van der Waals surface area contributed by atoms with Gasteiger partial charge in [0.05, 0.1) is 0 Å². The molecule has 1 atom stereocenters. The van der Waals surface area contributed by atoms with Crippen LogP contribution in [0.3, 0.4) is 0 Å². The number of thioether (sulfide) groups is 1. The van der Waals surface area contributed by atoms with Gasteiger partial charge in [0.25, 0.3) is 0 Å². The Balaban J connectivity index is 2.32. The first-order chi connectivity index (χ1) is 9.41. The Kier molecular flexibility index (Phi) is 4.78. The minimum Gasteiger partial charge on any atom is -0.370 e. The van der Waals surface area contributed by atoms with E-state index in [4.69, 9.17) is 4.98 Å². The summed E-state index contributed by atoms with van der Waals surface area (Å²) in [5.41, 5.74) is -0.0363. The molecule has 5 heteroatoms. The van der Waals surface area contributed by atoms with Crippen LogP contribution in [0.2, 0.25) is 0 Å². The van der Waals surface area contributed by atoms with Crippen LogP contribution < -0.4 is 10.2 Å². The first-order valence-electron chi connectivity index (χ1n) is 7.36. The lowest BCUT2D eigenvalue weighted by atomic mass is 9.95. The molecule has 0 aliphatic carbocycles. The van der Waals surface area contributed by atoms with E-state index in [0.717, 1.165) is 24.0 Å². The fourth-order valence-corrected chi connectivity index (χ4v) is 3.50. The Morgan fingerprint density at radius 3 is 2.70 bits per heavy atom. The van der Waals surface area contributed by atoms with E-state index < -0.39 is 0 Å². The second kappa shape index (κ2) is 6.20. The van der Waals surface area contributed by atoms with Gasteiger partial charge in [-0.1, -0.05) is 20.8 Å². The monoisotopic (exact) mass is 294 g/mol. The maximum atomic E-state index is 4.80. The zero-order valence-electron chi connectivity index (χ0n) is 13.2. The van der Waals surface area contributed by atoms with Crippen LogP contribution in [0.5, 0.6) is 0 Å². The summed E-state index contributed by atoms with van der Waals surface area (Å²) in [6.45, 7) is 9.45. The van der Waals surface area contributed by atoms with Crippen LogP contribution in [-0.4, -0.2) is 41.1 Å². The van der Waals surface area contributed by atoms with Gasteiger partial charge in [-0.15, -0.1) is 0 Å². The molecule has 1 saturated heterocycles. The smallest absolute Gasteiger partial charge is 0.138 e. The van der Waals surface area contributed by atoms with Crippen LogP contribution in [-0.2, 0) is 5.41 Å². The Labute approximate surface area is 126 Å². The summed E-state index contributed by atoms with van der Waals surface area (Å²) in [6.07, 6.45) is 1.24. The summed E-state index contributed by atoms with van der Waals surface area (Å²) in [5, 5.41) is 3.32. The van der Waals surface area contributed by atoms with Crippen LogP contribution in [0.1, 0.15) is 39.9 Å². The van der Waals surface area contributed by atoms with Gasteiger partial charge in [-0.25, -0.2) is 9.97 Å². The second-order valence-corrected chi connectivity index (χ2v) is 7.49. The van der Waals surface area contributed by atoms with E-state index in [1.807, 2.05) is 11.8 Å². The van der Waals surface area contributed by atoms with Crippen LogP contribution in [0.4, 0.5) is 11.6 Å². The van der Waals surface area contributed by atoms with E-state index in [0.29, 0.717) is 6.04 Å². The highest BCUT2D eigenvalue weighted by Gasteiger charge is 2.24.